The molecule has 0 saturated heterocycles. The number of halogens is 1. The van der Waals surface area contributed by atoms with Crippen molar-refractivity contribution in [2.45, 2.75) is 4.90 Å². The molecule has 0 bridgehead atoms. The fourth-order valence-corrected chi connectivity index (χ4v) is 2.76. The van der Waals surface area contributed by atoms with E-state index in [1.807, 2.05) is 0 Å². The summed E-state index contributed by atoms with van der Waals surface area (Å²) in [6.07, 6.45) is 1.47. The van der Waals surface area contributed by atoms with Crippen LogP contribution in [0.15, 0.2) is 23.1 Å². The number of rotatable bonds is 5. The Hall–Kier alpha value is -0.990. The Kier molecular flexibility index (Phi) is 4.61. The van der Waals surface area contributed by atoms with Gasteiger partial charge >= 0.3 is 0 Å². The van der Waals surface area contributed by atoms with Gasteiger partial charge in [0.1, 0.15) is 5.82 Å². The van der Waals surface area contributed by atoms with E-state index >= 15 is 0 Å². The van der Waals surface area contributed by atoms with Gasteiger partial charge in [-0.3, -0.25) is 4.21 Å². The first-order chi connectivity index (χ1) is 7.81. The number of nitrogens with two attached hydrogens (primary N) is 1. The molecule has 0 heterocycles. The van der Waals surface area contributed by atoms with Crippen LogP contribution in [0.25, 0.3) is 0 Å². The molecule has 1 aromatic carbocycles. The van der Waals surface area contributed by atoms with Crippen LogP contribution in [-0.2, 0) is 20.8 Å². The van der Waals surface area contributed by atoms with E-state index < -0.39 is 26.6 Å². The van der Waals surface area contributed by atoms with Gasteiger partial charge < -0.3 is 5.73 Å². The monoisotopic (exact) mass is 280 g/mol. The van der Waals surface area contributed by atoms with Crippen LogP contribution in [0, 0.1) is 5.82 Å². The number of sulfonamides is 1. The van der Waals surface area contributed by atoms with Crippen molar-refractivity contribution in [3.63, 3.8) is 0 Å². The molecule has 1 rings (SSSR count). The molecule has 3 N–H and O–H groups in total. The molecule has 1 atom stereocenters. The van der Waals surface area contributed by atoms with Crippen molar-refractivity contribution in [3.05, 3.63) is 24.0 Å². The third kappa shape index (κ3) is 4.41. The van der Waals surface area contributed by atoms with E-state index in [0.717, 1.165) is 18.2 Å². The summed E-state index contributed by atoms with van der Waals surface area (Å²) in [5, 5.41) is 0. The molecule has 0 aliphatic rings. The smallest absolute Gasteiger partial charge is 0.240 e. The number of anilines is 1. The highest BCUT2D eigenvalue weighted by atomic mass is 32.2. The van der Waals surface area contributed by atoms with Crippen molar-refractivity contribution in [1.82, 2.24) is 4.72 Å². The lowest BCUT2D eigenvalue weighted by Crippen LogP contribution is -2.27. The van der Waals surface area contributed by atoms with Crippen LogP contribution in [0.2, 0.25) is 0 Å². The maximum absolute atomic E-state index is 13.0. The second-order valence-electron chi connectivity index (χ2n) is 3.40. The summed E-state index contributed by atoms with van der Waals surface area (Å²) in [7, 11) is -4.90. The highest BCUT2D eigenvalue weighted by Gasteiger charge is 2.15. The van der Waals surface area contributed by atoms with Crippen LogP contribution in [0.1, 0.15) is 0 Å². The van der Waals surface area contributed by atoms with Crippen molar-refractivity contribution in [3.8, 4) is 0 Å². The SMILES string of the molecule is CS(=O)CCNS(=O)(=O)c1cc(N)cc(F)c1. The maximum atomic E-state index is 13.0. The summed E-state index contributed by atoms with van der Waals surface area (Å²) in [6.45, 7) is 0.0296. The van der Waals surface area contributed by atoms with Gasteiger partial charge in [-0.25, -0.2) is 17.5 Å². The predicted octanol–water partition coefficient (Wildman–Crippen LogP) is 0.0647. The molecule has 5 nitrogen and oxygen atoms in total. The minimum atomic E-state index is -3.81. The Morgan fingerprint density at radius 1 is 1.41 bits per heavy atom. The largest absolute Gasteiger partial charge is 0.399 e. The van der Waals surface area contributed by atoms with Crippen LogP contribution < -0.4 is 10.5 Å². The summed E-state index contributed by atoms with van der Waals surface area (Å²) >= 11 is 0. The van der Waals surface area contributed by atoms with E-state index in [9.17, 15) is 17.0 Å². The van der Waals surface area contributed by atoms with Crippen molar-refractivity contribution in [2.24, 2.45) is 0 Å². The van der Waals surface area contributed by atoms with Gasteiger partial charge in [0, 0.05) is 35.0 Å². The number of benzene rings is 1. The molecule has 0 aromatic heterocycles. The highest BCUT2D eigenvalue weighted by molar-refractivity contribution is 7.89. The maximum Gasteiger partial charge on any atom is 0.240 e. The molecule has 1 aromatic rings. The lowest BCUT2D eigenvalue weighted by molar-refractivity contribution is 0.580. The molecular formula is C9H13FN2O3S2. The summed E-state index contributed by atoms with van der Waals surface area (Å²) in [5.41, 5.74) is 5.38. The van der Waals surface area contributed by atoms with Gasteiger partial charge in [0.25, 0.3) is 0 Å². The third-order valence-corrected chi connectivity index (χ3v) is 4.11. The quantitative estimate of drug-likeness (QED) is 0.747. The van der Waals surface area contributed by atoms with E-state index in [1.54, 1.807) is 0 Å². The molecule has 0 saturated carbocycles. The first-order valence-electron chi connectivity index (χ1n) is 4.67. The minimum absolute atomic E-state index is 0.0296. The van der Waals surface area contributed by atoms with Crippen LogP contribution >= 0.6 is 0 Å². The molecule has 96 valence electrons. The molecule has 0 amide bonds. The predicted molar refractivity (Wildman–Crippen MR) is 64.9 cm³/mol. The standard InChI is InChI=1S/C9H13FN2O3S2/c1-16(13)3-2-12-17(14,15)9-5-7(10)4-8(11)6-9/h4-6,12H,2-3,11H2,1H3. The van der Waals surface area contributed by atoms with Gasteiger partial charge in [0.2, 0.25) is 10.0 Å². The topological polar surface area (TPSA) is 89.3 Å². The fourth-order valence-electron chi connectivity index (χ4n) is 1.14. The summed E-state index contributed by atoms with van der Waals surface area (Å²) in [4.78, 5) is -0.239. The molecule has 0 radical (unpaired) electrons. The minimum Gasteiger partial charge on any atom is -0.399 e. The van der Waals surface area contributed by atoms with Gasteiger partial charge in [0.05, 0.1) is 4.90 Å². The number of hydrogen-bond donors (Lipinski definition) is 2. The van der Waals surface area contributed by atoms with E-state index in [-0.39, 0.29) is 22.9 Å². The van der Waals surface area contributed by atoms with Gasteiger partial charge in [-0.05, 0) is 18.2 Å². The fraction of sp³-hybridized carbons (Fsp3) is 0.333. The van der Waals surface area contributed by atoms with E-state index in [2.05, 4.69) is 4.72 Å². The first kappa shape index (κ1) is 14.1. The van der Waals surface area contributed by atoms with Crippen LogP contribution in [0.4, 0.5) is 10.1 Å². The molecule has 0 spiro atoms. The van der Waals surface area contributed by atoms with Gasteiger partial charge in [-0.2, -0.15) is 0 Å². The summed E-state index contributed by atoms with van der Waals surface area (Å²) in [5.74, 6) is -0.520. The Morgan fingerprint density at radius 3 is 2.59 bits per heavy atom. The second-order valence-corrected chi connectivity index (χ2v) is 6.72. The molecule has 0 fully saturated rings. The average molecular weight is 280 g/mol. The van der Waals surface area contributed by atoms with Crippen molar-refractivity contribution in [1.29, 1.82) is 0 Å². The van der Waals surface area contributed by atoms with Crippen molar-refractivity contribution >= 4 is 26.5 Å². The Morgan fingerprint density at radius 2 is 2.06 bits per heavy atom. The van der Waals surface area contributed by atoms with Crippen molar-refractivity contribution in [2.75, 3.05) is 24.3 Å². The van der Waals surface area contributed by atoms with Gasteiger partial charge in [0.15, 0.2) is 0 Å². The average Bonchev–Trinajstić information content (AvgIpc) is 2.14. The van der Waals surface area contributed by atoms with E-state index in [1.165, 1.54) is 6.26 Å². The van der Waals surface area contributed by atoms with Crippen LogP contribution in [0.3, 0.4) is 0 Å². The number of nitrogen functional groups attached to an aromatic ring is 1. The first-order valence-corrected chi connectivity index (χ1v) is 7.88. The van der Waals surface area contributed by atoms with Gasteiger partial charge in [-0.15, -0.1) is 0 Å². The lowest BCUT2D eigenvalue weighted by Gasteiger charge is -2.06. The number of hydrogen-bond acceptors (Lipinski definition) is 4. The zero-order chi connectivity index (χ0) is 13.1. The van der Waals surface area contributed by atoms with Crippen molar-refractivity contribution < 1.29 is 17.0 Å². The summed E-state index contributed by atoms with van der Waals surface area (Å²) < 4.78 is 49.3. The Labute approximate surface area is 102 Å². The molecule has 0 aliphatic heterocycles. The lowest BCUT2D eigenvalue weighted by atomic mass is 10.3. The molecule has 8 heteroatoms. The zero-order valence-electron chi connectivity index (χ0n) is 9.14. The molecule has 17 heavy (non-hydrogen) atoms. The van der Waals surface area contributed by atoms with Gasteiger partial charge in [-0.1, -0.05) is 0 Å². The van der Waals surface area contributed by atoms with E-state index in [4.69, 9.17) is 5.73 Å². The molecular weight excluding hydrogens is 267 g/mol. The normalized spacial score (nSPS) is 13.5. The third-order valence-electron chi connectivity index (χ3n) is 1.89. The number of nitrogens with one attached hydrogen (secondary N) is 1. The van der Waals surface area contributed by atoms with Crippen LogP contribution in [-0.4, -0.2) is 31.2 Å². The van der Waals surface area contributed by atoms with Crippen LogP contribution in [0.5, 0.6) is 0 Å². The molecule has 1 unspecified atom stereocenters. The second kappa shape index (κ2) is 5.56. The highest BCUT2D eigenvalue weighted by Crippen LogP contribution is 2.15. The summed E-state index contributed by atoms with van der Waals surface area (Å²) in [6, 6.07) is 3.07. The molecule has 0 aliphatic carbocycles. The van der Waals surface area contributed by atoms with E-state index in [0.29, 0.717) is 0 Å². The zero-order valence-corrected chi connectivity index (χ0v) is 10.8. The Bertz CT molecular complexity index is 511. The Balaban J connectivity index is 2.86.